The first-order valence-electron chi connectivity index (χ1n) is 7.24. The standard InChI is InChI=1S/C17H14FNO5/c18-14-8-12(19-9-13(10-20)23-17(19)22)6-7-15(14)24-16(21)11-4-2-1-3-5-11/h1-8,13,20H,9-10H2/t13-/m1/s1. The lowest BCUT2D eigenvalue weighted by atomic mass is 10.2. The molecule has 1 fully saturated rings. The number of hydrogen-bond donors (Lipinski definition) is 1. The van der Waals surface area contributed by atoms with Crippen molar-refractivity contribution < 1.29 is 28.6 Å². The van der Waals surface area contributed by atoms with E-state index in [0.717, 1.165) is 6.07 Å². The number of nitrogens with zero attached hydrogens (tertiary/aromatic N) is 1. The predicted octanol–water partition coefficient (Wildman–Crippen LogP) is 2.36. The van der Waals surface area contributed by atoms with E-state index >= 15 is 0 Å². The molecule has 6 nitrogen and oxygen atoms in total. The highest BCUT2D eigenvalue weighted by Gasteiger charge is 2.32. The van der Waals surface area contributed by atoms with Crippen molar-refractivity contribution in [2.45, 2.75) is 6.10 Å². The normalized spacial score (nSPS) is 16.8. The molecule has 1 aliphatic rings. The van der Waals surface area contributed by atoms with Crippen LogP contribution in [0.2, 0.25) is 0 Å². The number of carbonyl (C=O) groups is 2. The van der Waals surface area contributed by atoms with E-state index in [1.54, 1.807) is 30.3 Å². The molecule has 7 heteroatoms. The molecule has 0 aromatic heterocycles. The summed E-state index contributed by atoms with van der Waals surface area (Å²) in [5, 5.41) is 9.02. The van der Waals surface area contributed by atoms with Crippen molar-refractivity contribution in [1.82, 2.24) is 0 Å². The van der Waals surface area contributed by atoms with Crippen LogP contribution in [-0.2, 0) is 4.74 Å². The Morgan fingerprint density at radius 2 is 2.04 bits per heavy atom. The smallest absolute Gasteiger partial charge is 0.414 e. The van der Waals surface area contributed by atoms with Crippen LogP contribution in [0.5, 0.6) is 5.75 Å². The van der Waals surface area contributed by atoms with Gasteiger partial charge in [-0.2, -0.15) is 0 Å². The summed E-state index contributed by atoms with van der Waals surface area (Å²) in [6, 6.07) is 12.0. The van der Waals surface area contributed by atoms with Crippen LogP contribution < -0.4 is 9.64 Å². The Kier molecular flexibility index (Phi) is 4.43. The highest BCUT2D eigenvalue weighted by molar-refractivity contribution is 5.91. The molecule has 1 N–H and O–H groups in total. The van der Waals surface area contributed by atoms with E-state index in [4.69, 9.17) is 14.6 Å². The summed E-state index contributed by atoms with van der Waals surface area (Å²) in [7, 11) is 0. The van der Waals surface area contributed by atoms with E-state index in [2.05, 4.69) is 0 Å². The van der Waals surface area contributed by atoms with Crippen LogP contribution in [-0.4, -0.2) is 36.4 Å². The minimum Gasteiger partial charge on any atom is -0.441 e. The topological polar surface area (TPSA) is 76.1 Å². The Bertz CT molecular complexity index is 765. The van der Waals surface area contributed by atoms with Gasteiger partial charge in [-0.3, -0.25) is 4.90 Å². The molecule has 0 spiro atoms. The molecule has 1 heterocycles. The van der Waals surface area contributed by atoms with Crippen molar-refractivity contribution >= 4 is 17.7 Å². The van der Waals surface area contributed by atoms with E-state index in [-0.39, 0.29) is 24.6 Å². The van der Waals surface area contributed by atoms with Gasteiger partial charge in [-0.1, -0.05) is 18.2 Å². The third-order valence-electron chi connectivity index (χ3n) is 3.52. The van der Waals surface area contributed by atoms with Gasteiger partial charge in [0.2, 0.25) is 0 Å². The zero-order valence-corrected chi connectivity index (χ0v) is 12.5. The lowest BCUT2D eigenvalue weighted by Gasteiger charge is -2.14. The fourth-order valence-corrected chi connectivity index (χ4v) is 2.30. The Balaban J connectivity index is 1.76. The zero-order chi connectivity index (χ0) is 17.1. The summed E-state index contributed by atoms with van der Waals surface area (Å²) in [4.78, 5) is 24.8. The summed E-state index contributed by atoms with van der Waals surface area (Å²) in [6.07, 6.45) is -1.31. The molecule has 124 valence electrons. The van der Waals surface area contributed by atoms with Crippen LogP contribution in [0.15, 0.2) is 48.5 Å². The van der Waals surface area contributed by atoms with Gasteiger partial charge in [0, 0.05) is 6.07 Å². The van der Waals surface area contributed by atoms with Gasteiger partial charge in [0.25, 0.3) is 0 Å². The van der Waals surface area contributed by atoms with E-state index in [0.29, 0.717) is 5.56 Å². The lowest BCUT2D eigenvalue weighted by Crippen LogP contribution is -2.25. The molecule has 0 aliphatic carbocycles. The molecule has 1 atom stereocenters. The number of cyclic esters (lactones) is 1. The van der Waals surface area contributed by atoms with Crippen LogP contribution in [0.25, 0.3) is 0 Å². The van der Waals surface area contributed by atoms with Crippen molar-refractivity contribution in [2.24, 2.45) is 0 Å². The average molecular weight is 331 g/mol. The number of hydrogen-bond acceptors (Lipinski definition) is 5. The van der Waals surface area contributed by atoms with Gasteiger partial charge in [0.1, 0.15) is 6.10 Å². The number of ether oxygens (including phenoxy) is 2. The SMILES string of the molecule is O=C(Oc1ccc(N2C[C@H](CO)OC2=O)cc1F)c1ccccc1. The molecule has 0 radical (unpaired) electrons. The summed E-state index contributed by atoms with van der Waals surface area (Å²) < 4.78 is 24.1. The highest BCUT2D eigenvalue weighted by Crippen LogP contribution is 2.27. The highest BCUT2D eigenvalue weighted by atomic mass is 19.1. The number of aliphatic hydroxyl groups excluding tert-OH is 1. The number of amides is 1. The first kappa shape index (κ1) is 15.9. The van der Waals surface area contributed by atoms with Crippen LogP contribution in [0, 0.1) is 5.82 Å². The maximum atomic E-state index is 14.2. The molecule has 0 bridgehead atoms. The summed E-state index contributed by atoms with van der Waals surface area (Å²) in [5.74, 6) is -1.70. The van der Waals surface area contributed by atoms with E-state index in [1.165, 1.54) is 17.0 Å². The quantitative estimate of drug-likeness (QED) is 0.687. The fraction of sp³-hybridized carbons (Fsp3) is 0.176. The van der Waals surface area contributed by atoms with Crippen molar-refractivity contribution in [3.8, 4) is 5.75 Å². The minimum absolute atomic E-state index is 0.123. The first-order valence-corrected chi connectivity index (χ1v) is 7.24. The first-order chi connectivity index (χ1) is 11.6. The van der Waals surface area contributed by atoms with E-state index in [9.17, 15) is 14.0 Å². The summed E-state index contributed by atoms with van der Waals surface area (Å²) >= 11 is 0. The average Bonchev–Trinajstić information content (AvgIpc) is 2.98. The van der Waals surface area contributed by atoms with Crippen molar-refractivity contribution in [2.75, 3.05) is 18.1 Å². The van der Waals surface area contributed by atoms with Crippen LogP contribution >= 0.6 is 0 Å². The monoisotopic (exact) mass is 331 g/mol. The van der Waals surface area contributed by atoms with Crippen LogP contribution in [0.4, 0.5) is 14.9 Å². The zero-order valence-electron chi connectivity index (χ0n) is 12.5. The van der Waals surface area contributed by atoms with Crippen molar-refractivity contribution in [1.29, 1.82) is 0 Å². The molecule has 1 aliphatic heterocycles. The Hall–Kier alpha value is -2.93. The number of carbonyl (C=O) groups excluding carboxylic acids is 2. The molecule has 24 heavy (non-hydrogen) atoms. The van der Waals surface area contributed by atoms with Crippen molar-refractivity contribution in [3.63, 3.8) is 0 Å². The second kappa shape index (κ2) is 6.67. The number of aliphatic hydroxyl groups is 1. The third kappa shape index (κ3) is 3.21. The second-order valence-electron chi connectivity index (χ2n) is 5.17. The van der Waals surface area contributed by atoms with E-state index in [1.807, 2.05) is 0 Å². The number of halogens is 1. The number of anilines is 1. The maximum Gasteiger partial charge on any atom is 0.414 e. The van der Waals surface area contributed by atoms with Gasteiger partial charge < -0.3 is 14.6 Å². The molecule has 1 saturated heterocycles. The Morgan fingerprint density at radius 1 is 1.29 bits per heavy atom. The molecular formula is C17H14FNO5. The molecule has 1 amide bonds. The molecule has 2 aromatic rings. The number of benzene rings is 2. The van der Waals surface area contributed by atoms with Gasteiger partial charge in [-0.15, -0.1) is 0 Å². The minimum atomic E-state index is -0.781. The van der Waals surface area contributed by atoms with Gasteiger partial charge in [0.05, 0.1) is 24.4 Å². The largest absolute Gasteiger partial charge is 0.441 e. The maximum absolute atomic E-state index is 14.2. The summed E-state index contributed by atoms with van der Waals surface area (Å²) in [5.41, 5.74) is 0.558. The van der Waals surface area contributed by atoms with Crippen LogP contribution in [0.3, 0.4) is 0 Å². The molecular weight excluding hydrogens is 317 g/mol. The van der Waals surface area contributed by atoms with E-state index < -0.39 is 24.0 Å². The van der Waals surface area contributed by atoms with Gasteiger partial charge in [-0.25, -0.2) is 14.0 Å². The van der Waals surface area contributed by atoms with Crippen molar-refractivity contribution in [3.05, 3.63) is 59.9 Å². The predicted molar refractivity (Wildman–Crippen MR) is 82.5 cm³/mol. The molecule has 2 aromatic carbocycles. The Labute approximate surface area is 137 Å². The Morgan fingerprint density at radius 3 is 2.67 bits per heavy atom. The van der Waals surface area contributed by atoms with Gasteiger partial charge in [0.15, 0.2) is 11.6 Å². The molecule has 0 saturated carbocycles. The number of rotatable bonds is 4. The third-order valence-corrected chi connectivity index (χ3v) is 3.52. The second-order valence-corrected chi connectivity index (χ2v) is 5.17. The van der Waals surface area contributed by atoms with Crippen LogP contribution in [0.1, 0.15) is 10.4 Å². The van der Waals surface area contributed by atoms with Gasteiger partial charge in [-0.05, 0) is 24.3 Å². The lowest BCUT2D eigenvalue weighted by molar-refractivity contribution is 0.0727. The molecule has 0 unspecified atom stereocenters. The number of esters is 1. The molecule has 3 rings (SSSR count). The summed E-state index contributed by atoms with van der Waals surface area (Å²) in [6.45, 7) is -0.185. The van der Waals surface area contributed by atoms with Gasteiger partial charge >= 0.3 is 12.1 Å². The fourth-order valence-electron chi connectivity index (χ4n) is 2.30.